The lowest BCUT2D eigenvalue weighted by molar-refractivity contribution is -0.114. The lowest BCUT2D eigenvalue weighted by atomic mass is 10.2. The summed E-state index contributed by atoms with van der Waals surface area (Å²) >= 11 is 0. The standard InChI is InChI=1S/C17H15NO5/c1-11(19)18-14-5-3-4-13(10-14)17(21)23-15-8-6-12(7-9-15)16(20)22-2/h3-10H,1-2H3,(H,18,19). The maximum atomic E-state index is 12.1. The highest BCUT2D eigenvalue weighted by atomic mass is 16.5. The van der Waals surface area contributed by atoms with Crippen molar-refractivity contribution in [1.29, 1.82) is 0 Å². The second-order valence-electron chi connectivity index (χ2n) is 4.67. The summed E-state index contributed by atoms with van der Waals surface area (Å²) in [5.41, 5.74) is 1.17. The number of ether oxygens (including phenoxy) is 2. The molecule has 0 aliphatic rings. The number of esters is 2. The van der Waals surface area contributed by atoms with E-state index in [-0.39, 0.29) is 5.91 Å². The number of hydrogen-bond donors (Lipinski definition) is 1. The van der Waals surface area contributed by atoms with Gasteiger partial charge in [-0.3, -0.25) is 4.79 Å². The van der Waals surface area contributed by atoms with Crippen LogP contribution >= 0.6 is 0 Å². The zero-order valence-electron chi connectivity index (χ0n) is 12.7. The largest absolute Gasteiger partial charge is 0.465 e. The van der Waals surface area contributed by atoms with Gasteiger partial charge in [0.1, 0.15) is 5.75 Å². The molecule has 0 atom stereocenters. The molecule has 0 radical (unpaired) electrons. The third-order valence-corrected chi connectivity index (χ3v) is 2.90. The molecule has 0 unspecified atom stereocenters. The highest BCUT2D eigenvalue weighted by molar-refractivity contribution is 5.95. The molecule has 6 nitrogen and oxygen atoms in total. The van der Waals surface area contributed by atoms with Crippen LogP contribution in [-0.2, 0) is 9.53 Å². The minimum atomic E-state index is -0.567. The lowest BCUT2D eigenvalue weighted by Gasteiger charge is -2.07. The molecular formula is C17H15NO5. The number of anilines is 1. The Balaban J connectivity index is 2.09. The zero-order valence-corrected chi connectivity index (χ0v) is 12.7. The van der Waals surface area contributed by atoms with E-state index >= 15 is 0 Å². The van der Waals surface area contributed by atoms with Gasteiger partial charge in [0.25, 0.3) is 0 Å². The molecule has 0 bridgehead atoms. The summed E-state index contributed by atoms with van der Waals surface area (Å²) < 4.78 is 9.82. The maximum Gasteiger partial charge on any atom is 0.343 e. The van der Waals surface area contributed by atoms with E-state index in [1.165, 1.54) is 44.4 Å². The summed E-state index contributed by atoms with van der Waals surface area (Å²) in [6.07, 6.45) is 0. The fourth-order valence-corrected chi connectivity index (χ4v) is 1.87. The molecule has 2 aromatic carbocycles. The first-order valence-electron chi connectivity index (χ1n) is 6.78. The van der Waals surface area contributed by atoms with Crippen LogP contribution in [0.25, 0.3) is 0 Å². The average molecular weight is 313 g/mol. The molecule has 1 amide bonds. The predicted molar refractivity (Wildman–Crippen MR) is 83.5 cm³/mol. The molecule has 0 spiro atoms. The molecule has 23 heavy (non-hydrogen) atoms. The van der Waals surface area contributed by atoms with E-state index in [0.717, 1.165) is 0 Å². The topological polar surface area (TPSA) is 81.7 Å². The molecule has 0 heterocycles. The second-order valence-corrected chi connectivity index (χ2v) is 4.67. The van der Waals surface area contributed by atoms with Crippen molar-refractivity contribution in [2.45, 2.75) is 6.92 Å². The Hall–Kier alpha value is -3.15. The van der Waals surface area contributed by atoms with E-state index in [0.29, 0.717) is 22.6 Å². The summed E-state index contributed by atoms with van der Waals surface area (Å²) in [5, 5.41) is 2.59. The average Bonchev–Trinajstić information content (AvgIpc) is 2.54. The van der Waals surface area contributed by atoms with Crippen LogP contribution in [0.5, 0.6) is 5.75 Å². The van der Waals surface area contributed by atoms with E-state index in [1.807, 2.05) is 0 Å². The summed E-state index contributed by atoms with van der Waals surface area (Å²) in [4.78, 5) is 34.5. The van der Waals surface area contributed by atoms with E-state index in [9.17, 15) is 14.4 Å². The van der Waals surface area contributed by atoms with Gasteiger partial charge >= 0.3 is 11.9 Å². The van der Waals surface area contributed by atoms with Crippen molar-refractivity contribution in [3.05, 3.63) is 59.7 Å². The van der Waals surface area contributed by atoms with Gasteiger partial charge in [0.15, 0.2) is 0 Å². The Labute approximate surface area is 133 Å². The van der Waals surface area contributed by atoms with E-state index in [1.54, 1.807) is 18.2 Å². The first-order valence-corrected chi connectivity index (χ1v) is 6.78. The Bertz CT molecular complexity index is 737. The van der Waals surface area contributed by atoms with E-state index in [2.05, 4.69) is 10.1 Å². The van der Waals surface area contributed by atoms with Crippen LogP contribution in [0.1, 0.15) is 27.6 Å². The molecule has 0 aromatic heterocycles. The Kier molecular flexibility index (Phi) is 5.09. The third-order valence-electron chi connectivity index (χ3n) is 2.90. The van der Waals surface area contributed by atoms with Crippen molar-refractivity contribution in [3.63, 3.8) is 0 Å². The number of nitrogens with one attached hydrogen (secondary N) is 1. The summed E-state index contributed by atoms with van der Waals surface area (Å²) in [6.45, 7) is 1.38. The van der Waals surface area contributed by atoms with Crippen LogP contribution in [0.4, 0.5) is 5.69 Å². The van der Waals surface area contributed by atoms with Gasteiger partial charge in [-0.05, 0) is 42.5 Å². The van der Waals surface area contributed by atoms with E-state index < -0.39 is 11.9 Å². The molecule has 0 saturated carbocycles. The second kappa shape index (κ2) is 7.22. The first-order chi connectivity index (χ1) is 11.0. The first kappa shape index (κ1) is 16.2. The Morgan fingerprint density at radius 1 is 0.913 bits per heavy atom. The molecule has 0 saturated heterocycles. The molecule has 6 heteroatoms. The van der Waals surface area contributed by atoms with Gasteiger partial charge in [-0.2, -0.15) is 0 Å². The van der Waals surface area contributed by atoms with Crippen molar-refractivity contribution in [1.82, 2.24) is 0 Å². The van der Waals surface area contributed by atoms with Crippen LogP contribution in [0, 0.1) is 0 Å². The number of hydrogen-bond acceptors (Lipinski definition) is 5. The number of methoxy groups -OCH3 is 1. The SMILES string of the molecule is COC(=O)c1ccc(OC(=O)c2cccc(NC(C)=O)c2)cc1. The van der Waals surface area contributed by atoms with Gasteiger partial charge in [0, 0.05) is 12.6 Å². The molecule has 1 N–H and O–H groups in total. The fourth-order valence-electron chi connectivity index (χ4n) is 1.87. The molecular weight excluding hydrogens is 298 g/mol. The molecule has 0 aliphatic carbocycles. The highest BCUT2D eigenvalue weighted by Gasteiger charge is 2.11. The number of carbonyl (C=O) groups is 3. The van der Waals surface area contributed by atoms with Crippen molar-refractivity contribution >= 4 is 23.5 Å². The van der Waals surface area contributed by atoms with Gasteiger partial charge in [0.05, 0.1) is 18.2 Å². The van der Waals surface area contributed by atoms with Gasteiger partial charge in [-0.1, -0.05) is 6.07 Å². The molecule has 2 rings (SSSR count). The van der Waals surface area contributed by atoms with Crippen LogP contribution in [0.3, 0.4) is 0 Å². The fraction of sp³-hybridized carbons (Fsp3) is 0.118. The predicted octanol–water partition coefficient (Wildman–Crippen LogP) is 2.65. The lowest BCUT2D eigenvalue weighted by Crippen LogP contribution is -2.11. The van der Waals surface area contributed by atoms with Gasteiger partial charge in [-0.15, -0.1) is 0 Å². The monoisotopic (exact) mass is 313 g/mol. The highest BCUT2D eigenvalue weighted by Crippen LogP contribution is 2.17. The number of amides is 1. The summed E-state index contributed by atoms with van der Waals surface area (Å²) in [6, 6.07) is 12.4. The third kappa shape index (κ3) is 4.41. The summed E-state index contributed by atoms with van der Waals surface area (Å²) in [7, 11) is 1.29. The number of benzene rings is 2. The quantitative estimate of drug-likeness (QED) is 0.693. The zero-order chi connectivity index (χ0) is 16.8. The van der Waals surface area contributed by atoms with Crippen LogP contribution in [-0.4, -0.2) is 25.0 Å². The minimum absolute atomic E-state index is 0.228. The smallest absolute Gasteiger partial charge is 0.343 e. The number of rotatable bonds is 4. The molecule has 2 aromatic rings. The van der Waals surface area contributed by atoms with Crippen LogP contribution in [0.15, 0.2) is 48.5 Å². The van der Waals surface area contributed by atoms with Crippen LogP contribution < -0.4 is 10.1 Å². The molecule has 0 aliphatic heterocycles. The van der Waals surface area contributed by atoms with Crippen molar-refractivity contribution in [2.75, 3.05) is 12.4 Å². The summed E-state index contributed by atoms with van der Waals surface area (Å²) in [5.74, 6) is -0.963. The van der Waals surface area contributed by atoms with Crippen molar-refractivity contribution in [2.24, 2.45) is 0 Å². The minimum Gasteiger partial charge on any atom is -0.465 e. The molecule has 118 valence electrons. The van der Waals surface area contributed by atoms with Crippen molar-refractivity contribution in [3.8, 4) is 5.75 Å². The van der Waals surface area contributed by atoms with Gasteiger partial charge < -0.3 is 14.8 Å². The van der Waals surface area contributed by atoms with Crippen molar-refractivity contribution < 1.29 is 23.9 Å². The number of carbonyl (C=O) groups excluding carboxylic acids is 3. The van der Waals surface area contributed by atoms with Crippen LogP contribution in [0.2, 0.25) is 0 Å². The van der Waals surface area contributed by atoms with Gasteiger partial charge in [-0.25, -0.2) is 9.59 Å². The Morgan fingerprint density at radius 2 is 1.61 bits per heavy atom. The van der Waals surface area contributed by atoms with E-state index in [4.69, 9.17) is 4.74 Å². The molecule has 0 fully saturated rings. The Morgan fingerprint density at radius 3 is 2.22 bits per heavy atom. The normalized spacial score (nSPS) is 9.83. The maximum absolute atomic E-state index is 12.1. The van der Waals surface area contributed by atoms with Gasteiger partial charge in [0.2, 0.25) is 5.91 Å².